The summed E-state index contributed by atoms with van der Waals surface area (Å²) in [6, 6.07) is 0.954. The van der Waals surface area contributed by atoms with Crippen molar-refractivity contribution in [1.29, 1.82) is 0 Å². The van der Waals surface area contributed by atoms with Crippen LogP contribution in [0, 0.1) is 5.41 Å². The summed E-state index contributed by atoms with van der Waals surface area (Å²) in [4.78, 5) is 40.1. The van der Waals surface area contributed by atoms with Crippen LogP contribution >= 0.6 is 0 Å². The average molecular weight is 378 g/mol. The third kappa shape index (κ3) is 7.78. The zero-order valence-corrected chi connectivity index (χ0v) is 16.2. The first kappa shape index (κ1) is 20.9. The molecule has 0 unspecified atom stereocenters. The van der Waals surface area contributed by atoms with Crippen molar-refractivity contribution in [3.05, 3.63) is 18.5 Å². The number of unbranched alkanes of at least 4 members (excludes halogenated alkanes) is 1. The average Bonchev–Trinajstić information content (AvgIpc) is 2.64. The monoisotopic (exact) mass is 378 g/mol. The van der Waals surface area contributed by atoms with Crippen molar-refractivity contribution < 1.29 is 14.4 Å². The maximum absolute atomic E-state index is 11.7. The number of amides is 2. The van der Waals surface area contributed by atoms with Crippen molar-refractivity contribution in [3.63, 3.8) is 0 Å². The molecule has 2 amide bonds. The van der Waals surface area contributed by atoms with Crippen LogP contribution in [0.3, 0.4) is 0 Å². The van der Waals surface area contributed by atoms with Crippen LogP contribution in [-0.2, 0) is 9.63 Å². The molecule has 0 bridgehead atoms. The minimum atomic E-state index is -0.875. The van der Waals surface area contributed by atoms with Crippen molar-refractivity contribution in [1.82, 2.24) is 20.3 Å². The van der Waals surface area contributed by atoms with Crippen molar-refractivity contribution in [3.8, 4) is 0 Å². The molecule has 1 aromatic heterocycles. The summed E-state index contributed by atoms with van der Waals surface area (Å²) in [5.74, 6) is 0.328. The lowest BCUT2D eigenvalue weighted by Crippen LogP contribution is -2.47. The molecular weight excluding hydrogens is 348 g/mol. The quantitative estimate of drug-likeness (QED) is 0.518. The Morgan fingerprint density at radius 2 is 1.85 bits per heavy atom. The number of primary amides is 1. The highest BCUT2D eigenvalue weighted by Crippen LogP contribution is 2.28. The number of carbonyl (C=O) groups excluding carboxylic acids is 2. The maximum Gasteiger partial charge on any atom is 0.345 e. The first-order chi connectivity index (χ1) is 12.9. The van der Waals surface area contributed by atoms with Crippen LogP contribution in [0.25, 0.3) is 0 Å². The number of piperazine rings is 1. The third-order valence-corrected chi connectivity index (χ3v) is 4.67. The van der Waals surface area contributed by atoms with Gasteiger partial charge in [0.25, 0.3) is 0 Å². The summed E-state index contributed by atoms with van der Waals surface area (Å²) in [5.41, 5.74) is 6.56. The van der Waals surface area contributed by atoms with Gasteiger partial charge in [-0.1, -0.05) is 20.3 Å². The largest absolute Gasteiger partial charge is 0.349 e. The molecule has 3 N–H and O–H groups in total. The molecule has 1 saturated heterocycles. The number of rotatable bonds is 8. The number of hydrogen-bond donors (Lipinski definition) is 2. The van der Waals surface area contributed by atoms with Crippen LogP contribution in [0.1, 0.15) is 39.5 Å². The van der Waals surface area contributed by atoms with E-state index in [0.29, 0.717) is 0 Å². The second-order valence-electron chi connectivity index (χ2n) is 7.62. The van der Waals surface area contributed by atoms with E-state index in [1.165, 1.54) is 0 Å². The Hall–Kier alpha value is -2.42. The lowest BCUT2D eigenvalue weighted by atomic mass is 9.84. The lowest BCUT2D eigenvalue weighted by molar-refractivity contribution is -0.151. The van der Waals surface area contributed by atoms with Crippen molar-refractivity contribution in [2.24, 2.45) is 11.1 Å². The molecule has 1 fully saturated rings. The number of carbonyl (C=O) groups is 2. The fourth-order valence-corrected chi connectivity index (χ4v) is 3.19. The van der Waals surface area contributed by atoms with Gasteiger partial charge in [-0.2, -0.15) is 5.48 Å². The Labute approximate surface area is 160 Å². The van der Waals surface area contributed by atoms with E-state index in [-0.39, 0.29) is 11.8 Å². The van der Waals surface area contributed by atoms with Gasteiger partial charge in [-0.3, -0.25) is 4.90 Å². The molecule has 1 aromatic rings. The number of anilines is 1. The fourth-order valence-electron chi connectivity index (χ4n) is 3.19. The van der Waals surface area contributed by atoms with E-state index in [9.17, 15) is 9.59 Å². The number of nitrogens with zero attached hydrogens (tertiary/aromatic N) is 4. The van der Waals surface area contributed by atoms with Gasteiger partial charge in [0.1, 0.15) is 0 Å². The van der Waals surface area contributed by atoms with E-state index in [1.807, 2.05) is 25.4 Å². The Morgan fingerprint density at radius 1 is 1.19 bits per heavy atom. The summed E-state index contributed by atoms with van der Waals surface area (Å²) in [7, 11) is 0. The molecule has 1 aliphatic heterocycles. The Kier molecular flexibility index (Phi) is 7.78. The van der Waals surface area contributed by atoms with Gasteiger partial charge in [0, 0.05) is 38.6 Å². The number of urea groups is 1. The molecule has 0 saturated carbocycles. The van der Waals surface area contributed by atoms with Gasteiger partial charge in [0.2, 0.25) is 5.95 Å². The minimum absolute atomic E-state index is 0.181. The van der Waals surface area contributed by atoms with Gasteiger partial charge in [-0.15, -0.1) is 0 Å². The molecule has 27 heavy (non-hydrogen) atoms. The van der Waals surface area contributed by atoms with E-state index >= 15 is 0 Å². The third-order valence-electron chi connectivity index (χ3n) is 4.67. The van der Waals surface area contributed by atoms with Crippen molar-refractivity contribution in [2.45, 2.75) is 39.5 Å². The predicted octanol–water partition coefficient (Wildman–Crippen LogP) is 1.31. The smallest absolute Gasteiger partial charge is 0.345 e. The Balaban J connectivity index is 1.60. The Bertz CT molecular complexity index is 602. The molecule has 0 spiro atoms. The zero-order valence-electron chi connectivity index (χ0n) is 16.2. The van der Waals surface area contributed by atoms with Crippen LogP contribution in [0.5, 0.6) is 0 Å². The summed E-state index contributed by atoms with van der Waals surface area (Å²) in [5, 5.41) is 0. The predicted molar refractivity (Wildman–Crippen MR) is 102 cm³/mol. The van der Waals surface area contributed by atoms with E-state index in [2.05, 4.69) is 24.6 Å². The molecule has 2 rings (SSSR count). The van der Waals surface area contributed by atoms with E-state index in [1.54, 1.807) is 12.4 Å². The van der Waals surface area contributed by atoms with Crippen molar-refractivity contribution >= 4 is 17.9 Å². The minimum Gasteiger partial charge on any atom is -0.349 e. The lowest BCUT2D eigenvalue weighted by Gasteiger charge is -2.34. The highest BCUT2D eigenvalue weighted by atomic mass is 16.7. The molecule has 0 aromatic carbocycles. The SMILES string of the molecule is CC(C)(CCCCN1CCN(c2ncccn2)CC1)CC(=O)ONC(N)=O. The number of nitrogens with two attached hydrogens (primary N) is 1. The highest BCUT2D eigenvalue weighted by Gasteiger charge is 2.24. The molecule has 0 radical (unpaired) electrons. The summed E-state index contributed by atoms with van der Waals surface area (Å²) in [6.45, 7) is 8.99. The summed E-state index contributed by atoms with van der Waals surface area (Å²) in [6.07, 6.45) is 6.82. The van der Waals surface area contributed by atoms with Gasteiger partial charge in [-0.05, 0) is 30.9 Å². The molecule has 2 heterocycles. The molecular formula is C18H30N6O3. The normalized spacial score (nSPS) is 15.4. The standard InChI is InChI=1S/C18H30N6O3/c1-18(2,14-15(25)27-22-16(19)26)6-3-4-9-23-10-12-24(13-11-23)17-20-7-5-8-21-17/h5,7-8H,3-4,6,9-14H2,1-2H3,(H3,19,22,26). The highest BCUT2D eigenvalue weighted by molar-refractivity contribution is 5.75. The van der Waals surface area contributed by atoms with E-state index in [4.69, 9.17) is 5.73 Å². The first-order valence-electron chi connectivity index (χ1n) is 9.35. The second-order valence-corrected chi connectivity index (χ2v) is 7.62. The van der Waals surface area contributed by atoms with Crippen LogP contribution in [0.2, 0.25) is 0 Å². The number of nitrogens with one attached hydrogen (secondary N) is 1. The van der Waals surface area contributed by atoms with E-state index in [0.717, 1.165) is 57.9 Å². The van der Waals surface area contributed by atoms with Crippen molar-refractivity contribution in [2.75, 3.05) is 37.6 Å². The topological polar surface area (TPSA) is 114 Å². The van der Waals surface area contributed by atoms with Gasteiger partial charge in [-0.25, -0.2) is 19.6 Å². The van der Waals surface area contributed by atoms with Gasteiger partial charge in [0.05, 0.1) is 6.42 Å². The molecule has 0 aliphatic carbocycles. The van der Waals surface area contributed by atoms with E-state index < -0.39 is 12.0 Å². The zero-order chi connectivity index (χ0) is 19.7. The van der Waals surface area contributed by atoms with Crippen LogP contribution in [0.4, 0.5) is 10.7 Å². The molecule has 150 valence electrons. The van der Waals surface area contributed by atoms with Crippen LogP contribution in [0.15, 0.2) is 18.5 Å². The second kappa shape index (κ2) is 10.1. The Morgan fingerprint density at radius 3 is 2.48 bits per heavy atom. The van der Waals surface area contributed by atoms with Crippen LogP contribution in [-0.4, -0.2) is 59.6 Å². The van der Waals surface area contributed by atoms with Gasteiger partial charge in [0.15, 0.2) is 0 Å². The fraction of sp³-hybridized carbons (Fsp3) is 0.667. The molecule has 9 nitrogen and oxygen atoms in total. The molecule has 1 aliphatic rings. The maximum atomic E-state index is 11.7. The number of aromatic nitrogens is 2. The van der Waals surface area contributed by atoms with Crippen LogP contribution < -0.4 is 16.1 Å². The number of hydrogen-bond acceptors (Lipinski definition) is 7. The molecule has 9 heteroatoms. The van der Waals surface area contributed by atoms with Gasteiger partial charge >= 0.3 is 12.0 Å². The number of hydroxylamine groups is 1. The first-order valence-corrected chi connectivity index (χ1v) is 9.35. The molecule has 0 atom stereocenters. The summed E-state index contributed by atoms with van der Waals surface area (Å²) >= 11 is 0. The summed E-state index contributed by atoms with van der Waals surface area (Å²) < 4.78 is 0. The van der Waals surface area contributed by atoms with Gasteiger partial charge < -0.3 is 15.5 Å².